The molecule has 0 aliphatic carbocycles. The van der Waals surface area contributed by atoms with Gasteiger partial charge in [-0.3, -0.25) is 13.9 Å². The molecular formula is C15H27N5O4S. The fourth-order valence-electron chi connectivity index (χ4n) is 3.04. The van der Waals surface area contributed by atoms with E-state index < -0.39 is 10.0 Å². The standard InChI is InChI=1S/C15H27N5O4S/c1-11(10-25(23,24)17(2)3)16-12-6-7-20(9-12)13-8-14(21)19(5)15(22)18(13)4/h8,11-12,16H,6-7,9-10H2,1-5H3/t11?,12-/m0/s1. The third-order valence-electron chi connectivity index (χ3n) is 4.55. The highest BCUT2D eigenvalue weighted by molar-refractivity contribution is 7.89. The van der Waals surface area contributed by atoms with Crippen molar-refractivity contribution in [2.75, 3.05) is 37.8 Å². The van der Waals surface area contributed by atoms with Crippen molar-refractivity contribution in [3.05, 3.63) is 26.9 Å². The van der Waals surface area contributed by atoms with Crippen molar-refractivity contribution in [2.45, 2.75) is 25.4 Å². The van der Waals surface area contributed by atoms with Crippen LogP contribution in [0.1, 0.15) is 13.3 Å². The minimum atomic E-state index is -3.26. The molecule has 2 rings (SSSR count). The Morgan fingerprint density at radius 2 is 1.92 bits per heavy atom. The van der Waals surface area contributed by atoms with Gasteiger partial charge in [0, 0.05) is 59.4 Å². The Hall–Kier alpha value is -1.65. The maximum Gasteiger partial charge on any atom is 0.332 e. The molecule has 0 radical (unpaired) electrons. The molecule has 1 aliphatic rings. The number of hydrogen-bond donors (Lipinski definition) is 1. The number of nitrogens with one attached hydrogen (secondary N) is 1. The smallest absolute Gasteiger partial charge is 0.332 e. The van der Waals surface area contributed by atoms with Crippen molar-refractivity contribution in [2.24, 2.45) is 14.1 Å². The van der Waals surface area contributed by atoms with Crippen LogP contribution in [0.2, 0.25) is 0 Å². The van der Waals surface area contributed by atoms with E-state index in [1.54, 1.807) is 7.05 Å². The largest absolute Gasteiger partial charge is 0.356 e. The predicted molar refractivity (Wildman–Crippen MR) is 97.6 cm³/mol. The van der Waals surface area contributed by atoms with E-state index in [-0.39, 0.29) is 29.1 Å². The van der Waals surface area contributed by atoms with Crippen LogP contribution in [0.25, 0.3) is 0 Å². The summed E-state index contributed by atoms with van der Waals surface area (Å²) in [6.07, 6.45) is 0.815. The average Bonchev–Trinajstić information content (AvgIpc) is 2.96. The van der Waals surface area contributed by atoms with Crippen LogP contribution in [0.4, 0.5) is 5.82 Å². The van der Waals surface area contributed by atoms with Crippen LogP contribution < -0.4 is 21.5 Å². The van der Waals surface area contributed by atoms with E-state index in [0.29, 0.717) is 18.9 Å². The lowest BCUT2D eigenvalue weighted by atomic mass is 10.2. The van der Waals surface area contributed by atoms with Crippen LogP contribution in [0.3, 0.4) is 0 Å². The number of aromatic nitrogens is 2. The second-order valence-electron chi connectivity index (χ2n) is 6.80. The summed E-state index contributed by atoms with van der Waals surface area (Å²) in [6, 6.07) is 1.38. The first-order valence-electron chi connectivity index (χ1n) is 8.21. The van der Waals surface area contributed by atoms with Crippen LogP contribution in [0, 0.1) is 0 Å². The maximum atomic E-state index is 12.1. The maximum absolute atomic E-state index is 12.1. The third-order valence-corrected chi connectivity index (χ3v) is 6.58. The first kappa shape index (κ1) is 19.7. The second kappa shape index (κ2) is 7.30. The lowest BCUT2D eigenvalue weighted by Crippen LogP contribution is -2.44. The summed E-state index contributed by atoms with van der Waals surface area (Å²) in [5.74, 6) is 0.617. The molecule has 0 amide bonds. The topological polar surface area (TPSA) is 96.7 Å². The molecule has 142 valence electrons. The van der Waals surface area contributed by atoms with E-state index >= 15 is 0 Å². The molecule has 1 unspecified atom stereocenters. The monoisotopic (exact) mass is 373 g/mol. The number of anilines is 1. The van der Waals surface area contributed by atoms with Crippen molar-refractivity contribution in [1.82, 2.24) is 18.8 Å². The first-order valence-corrected chi connectivity index (χ1v) is 9.82. The van der Waals surface area contributed by atoms with E-state index in [0.717, 1.165) is 11.0 Å². The van der Waals surface area contributed by atoms with Gasteiger partial charge in [0.2, 0.25) is 10.0 Å². The first-order chi connectivity index (χ1) is 11.5. The van der Waals surface area contributed by atoms with Gasteiger partial charge in [-0.25, -0.2) is 17.5 Å². The van der Waals surface area contributed by atoms with Gasteiger partial charge in [-0.05, 0) is 13.3 Å². The molecule has 1 N–H and O–H groups in total. The minimum Gasteiger partial charge on any atom is -0.356 e. The van der Waals surface area contributed by atoms with Gasteiger partial charge in [0.05, 0.1) is 5.75 Å². The SMILES string of the molecule is CC(CS(=O)(=O)N(C)C)N[C@H]1CCN(c2cc(=O)n(C)c(=O)n2C)C1. The molecule has 1 aromatic rings. The van der Waals surface area contributed by atoms with Gasteiger partial charge in [-0.2, -0.15) is 0 Å². The predicted octanol–water partition coefficient (Wildman–Crippen LogP) is -1.47. The molecular weight excluding hydrogens is 346 g/mol. The lowest BCUT2D eigenvalue weighted by molar-refractivity contribution is 0.470. The summed E-state index contributed by atoms with van der Waals surface area (Å²) < 4.78 is 27.7. The summed E-state index contributed by atoms with van der Waals surface area (Å²) >= 11 is 0. The van der Waals surface area contributed by atoms with Gasteiger partial charge in [-0.15, -0.1) is 0 Å². The Bertz CT molecular complexity index is 842. The van der Waals surface area contributed by atoms with Gasteiger partial charge in [0.1, 0.15) is 5.82 Å². The van der Waals surface area contributed by atoms with E-state index in [1.165, 1.54) is 36.1 Å². The quantitative estimate of drug-likeness (QED) is 0.654. The van der Waals surface area contributed by atoms with Crippen molar-refractivity contribution in [3.8, 4) is 0 Å². The molecule has 1 fully saturated rings. The second-order valence-corrected chi connectivity index (χ2v) is 9.03. The molecule has 0 bridgehead atoms. The summed E-state index contributed by atoms with van der Waals surface area (Å²) in [6.45, 7) is 3.16. The van der Waals surface area contributed by atoms with Crippen molar-refractivity contribution in [1.29, 1.82) is 0 Å². The lowest BCUT2D eigenvalue weighted by Gasteiger charge is -2.23. The van der Waals surface area contributed by atoms with Crippen LogP contribution in [-0.2, 0) is 24.1 Å². The van der Waals surface area contributed by atoms with E-state index in [9.17, 15) is 18.0 Å². The van der Waals surface area contributed by atoms with Crippen LogP contribution in [0.15, 0.2) is 15.7 Å². The van der Waals surface area contributed by atoms with E-state index in [1.807, 2.05) is 11.8 Å². The molecule has 0 aromatic carbocycles. The Morgan fingerprint density at radius 1 is 1.28 bits per heavy atom. The van der Waals surface area contributed by atoms with E-state index in [4.69, 9.17) is 0 Å². The molecule has 1 saturated heterocycles. The Kier molecular flexibility index (Phi) is 5.75. The fourth-order valence-corrected chi connectivity index (χ4v) is 4.07. The molecule has 0 saturated carbocycles. The Morgan fingerprint density at radius 3 is 2.52 bits per heavy atom. The van der Waals surface area contributed by atoms with Crippen molar-refractivity contribution in [3.63, 3.8) is 0 Å². The van der Waals surface area contributed by atoms with Gasteiger partial charge in [0.15, 0.2) is 0 Å². The minimum absolute atomic E-state index is 0.0286. The van der Waals surface area contributed by atoms with E-state index in [2.05, 4.69) is 5.32 Å². The van der Waals surface area contributed by atoms with Crippen LogP contribution in [-0.4, -0.2) is 66.9 Å². The van der Waals surface area contributed by atoms with Crippen LogP contribution in [0.5, 0.6) is 0 Å². The van der Waals surface area contributed by atoms with Gasteiger partial charge < -0.3 is 10.2 Å². The van der Waals surface area contributed by atoms with Crippen molar-refractivity contribution >= 4 is 15.8 Å². The highest BCUT2D eigenvalue weighted by Gasteiger charge is 2.27. The highest BCUT2D eigenvalue weighted by atomic mass is 32.2. The normalized spacial score (nSPS) is 19.6. The fraction of sp³-hybridized carbons (Fsp3) is 0.733. The number of hydrogen-bond acceptors (Lipinski definition) is 6. The summed E-state index contributed by atoms with van der Waals surface area (Å²) in [5, 5.41) is 3.33. The molecule has 1 aliphatic heterocycles. The summed E-state index contributed by atoms with van der Waals surface area (Å²) in [7, 11) is 2.88. The summed E-state index contributed by atoms with van der Waals surface area (Å²) in [5.41, 5.74) is -0.690. The Balaban J connectivity index is 2.06. The zero-order chi connectivity index (χ0) is 18.9. The molecule has 2 heterocycles. The summed E-state index contributed by atoms with van der Waals surface area (Å²) in [4.78, 5) is 25.9. The molecule has 0 spiro atoms. The zero-order valence-corrected chi connectivity index (χ0v) is 16.2. The zero-order valence-electron chi connectivity index (χ0n) is 15.4. The van der Waals surface area contributed by atoms with Crippen molar-refractivity contribution < 1.29 is 8.42 Å². The molecule has 25 heavy (non-hydrogen) atoms. The number of rotatable bonds is 6. The molecule has 10 heteroatoms. The number of nitrogens with zero attached hydrogens (tertiary/aromatic N) is 4. The Labute approximate surface area is 147 Å². The van der Waals surface area contributed by atoms with Gasteiger partial charge in [-0.1, -0.05) is 0 Å². The average molecular weight is 373 g/mol. The molecule has 9 nitrogen and oxygen atoms in total. The highest BCUT2D eigenvalue weighted by Crippen LogP contribution is 2.17. The molecule has 2 atom stereocenters. The van der Waals surface area contributed by atoms with Gasteiger partial charge >= 0.3 is 5.69 Å². The third kappa shape index (κ3) is 4.31. The number of sulfonamides is 1. The van der Waals surface area contributed by atoms with Gasteiger partial charge in [0.25, 0.3) is 5.56 Å². The molecule has 1 aromatic heterocycles. The van der Waals surface area contributed by atoms with Crippen LogP contribution >= 0.6 is 0 Å².